The van der Waals surface area contributed by atoms with Crippen molar-refractivity contribution in [3.05, 3.63) is 56.5 Å². The van der Waals surface area contributed by atoms with E-state index in [9.17, 15) is 4.79 Å². The Labute approximate surface area is 131 Å². The summed E-state index contributed by atoms with van der Waals surface area (Å²) in [4.78, 5) is 12.2. The van der Waals surface area contributed by atoms with E-state index in [0.29, 0.717) is 22.0 Å². The van der Waals surface area contributed by atoms with Gasteiger partial charge in [-0.15, -0.1) is 0 Å². The molecule has 20 heavy (non-hydrogen) atoms. The Morgan fingerprint density at radius 1 is 1.25 bits per heavy atom. The maximum Gasteiger partial charge on any atom is 0.257 e. The predicted molar refractivity (Wildman–Crippen MR) is 87.4 cm³/mol. The van der Waals surface area contributed by atoms with E-state index in [2.05, 4.69) is 21.2 Å². The molecule has 0 fully saturated rings. The summed E-state index contributed by atoms with van der Waals surface area (Å²) in [7, 11) is 0. The fourth-order valence-corrected chi connectivity index (χ4v) is 2.54. The Bertz CT molecular complexity index is 686. The Balaban J connectivity index is 2.30. The highest BCUT2D eigenvalue weighted by Gasteiger charge is 2.12. The summed E-state index contributed by atoms with van der Waals surface area (Å²) in [5.74, 6) is -0.261. The molecule has 0 unspecified atom stereocenters. The Morgan fingerprint density at radius 2 is 1.95 bits per heavy atom. The van der Waals surface area contributed by atoms with Gasteiger partial charge < -0.3 is 11.1 Å². The maximum atomic E-state index is 12.2. The van der Waals surface area contributed by atoms with Gasteiger partial charge in [-0.1, -0.05) is 17.7 Å². The van der Waals surface area contributed by atoms with Crippen molar-refractivity contribution in [1.82, 2.24) is 0 Å². The number of aryl methyl sites for hydroxylation is 2. The average molecular weight is 354 g/mol. The number of hydrogen-bond acceptors (Lipinski definition) is 2. The van der Waals surface area contributed by atoms with Crippen LogP contribution in [0.1, 0.15) is 21.5 Å². The highest BCUT2D eigenvalue weighted by molar-refractivity contribution is 9.10. The lowest BCUT2D eigenvalue weighted by Gasteiger charge is -2.11. The number of benzene rings is 2. The first-order chi connectivity index (χ1) is 9.38. The van der Waals surface area contributed by atoms with Crippen LogP contribution in [0.2, 0.25) is 5.02 Å². The van der Waals surface area contributed by atoms with Gasteiger partial charge in [0.2, 0.25) is 0 Å². The first-order valence-electron chi connectivity index (χ1n) is 6.01. The zero-order valence-electron chi connectivity index (χ0n) is 11.1. The van der Waals surface area contributed by atoms with Crippen molar-refractivity contribution >= 4 is 44.8 Å². The number of carbonyl (C=O) groups is 1. The fourth-order valence-electron chi connectivity index (χ4n) is 1.82. The van der Waals surface area contributed by atoms with Gasteiger partial charge in [0.1, 0.15) is 0 Å². The minimum Gasteiger partial charge on any atom is -0.398 e. The van der Waals surface area contributed by atoms with Crippen molar-refractivity contribution in [3.8, 4) is 0 Å². The highest BCUT2D eigenvalue weighted by atomic mass is 79.9. The number of anilines is 2. The minimum absolute atomic E-state index is 0.261. The number of hydrogen-bond donors (Lipinski definition) is 2. The van der Waals surface area contributed by atoms with Crippen molar-refractivity contribution < 1.29 is 4.79 Å². The van der Waals surface area contributed by atoms with Crippen LogP contribution in [0.25, 0.3) is 0 Å². The number of nitrogen functional groups attached to an aromatic ring is 1. The molecule has 0 atom stereocenters. The first kappa shape index (κ1) is 14.9. The summed E-state index contributed by atoms with van der Waals surface area (Å²) in [6, 6.07) is 8.90. The monoisotopic (exact) mass is 352 g/mol. The molecule has 0 radical (unpaired) electrons. The van der Waals surface area contributed by atoms with Gasteiger partial charge in [0.25, 0.3) is 5.91 Å². The number of halogens is 2. The van der Waals surface area contributed by atoms with E-state index >= 15 is 0 Å². The molecular formula is C15H14BrClN2O. The van der Waals surface area contributed by atoms with Gasteiger partial charge in [0.05, 0.1) is 11.3 Å². The van der Waals surface area contributed by atoms with E-state index in [4.69, 9.17) is 17.3 Å². The number of nitrogens with one attached hydrogen (secondary N) is 1. The van der Waals surface area contributed by atoms with Crippen LogP contribution in [0.4, 0.5) is 11.4 Å². The predicted octanol–water partition coefficient (Wildman–Crippen LogP) is 4.55. The van der Waals surface area contributed by atoms with Crippen LogP contribution in [-0.4, -0.2) is 5.91 Å². The molecule has 1 amide bonds. The van der Waals surface area contributed by atoms with Gasteiger partial charge in [-0.2, -0.15) is 0 Å². The van der Waals surface area contributed by atoms with Crippen molar-refractivity contribution in [2.45, 2.75) is 13.8 Å². The zero-order valence-corrected chi connectivity index (χ0v) is 13.5. The summed E-state index contributed by atoms with van der Waals surface area (Å²) in [6.45, 7) is 3.82. The van der Waals surface area contributed by atoms with Crippen molar-refractivity contribution in [2.24, 2.45) is 0 Å². The maximum absolute atomic E-state index is 12.2. The lowest BCUT2D eigenvalue weighted by molar-refractivity contribution is 0.102. The molecule has 2 rings (SSSR count). The summed E-state index contributed by atoms with van der Waals surface area (Å²) in [5, 5.41) is 3.40. The molecule has 2 aromatic carbocycles. The SMILES string of the molecule is Cc1ccc(C(=O)Nc2cc(Cl)c(C)cc2Br)c(N)c1. The van der Waals surface area contributed by atoms with Crippen LogP contribution in [0.3, 0.4) is 0 Å². The molecule has 2 aromatic rings. The van der Waals surface area contributed by atoms with Gasteiger partial charge in [0, 0.05) is 15.2 Å². The quantitative estimate of drug-likeness (QED) is 0.778. The topological polar surface area (TPSA) is 55.1 Å². The third kappa shape index (κ3) is 3.14. The third-order valence-corrected chi connectivity index (χ3v) is 4.01. The number of nitrogens with two attached hydrogens (primary N) is 1. The van der Waals surface area contributed by atoms with Crippen LogP contribution in [-0.2, 0) is 0 Å². The van der Waals surface area contributed by atoms with Crippen molar-refractivity contribution in [3.63, 3.8) is 0 Å². The zero-order chi connectivity index (χ0) is 14.9. The lowest BCUT2D eigenvalue weighted by atomic mass is 10.1. The molecule has 0 heterocycles. The van der Waals surface area contributed by atoms with E-state index in [1.54, 1.807) is 18.2 Å². The van der Waals surface area contributed by atoms with Crippen LogP contribution in [0.15, 0.2) is 34.8 Å². The molecule has 0 saturated carbocycles. The van der Waals surface area contributed by atoms with E-state index in [0.717, 1.165) is 15.6 Å². The molecular weight excluding hydrogens is 340 g/mol. The van der Waals surface area contributed by atoms with Crippen LogP contribution in [0.5, 0.6) is 0 Å². The fraction of sp³-hybridized carbons (Fsp3) is 0.133. The van der Waals surface area contributed by atoms with Crippen LogP contribution in [0, 0.1) is 13.8 Å². The highest BCUT2D eigenvalue weighted by Crippen LogP contribution is 2.29. The molecule has 3 nitrogen and oxygen atoms in total. The lowest BCUT2D eigenvalue weighted by Crippen LogP contribution is -2.14. The average Bonchev–Trinajstić information content (AvgIpc) is 2.35. The van der Waals surface area contributed by atoms with Gasteiger partial charge >= 0.3 is 0 Å². The number of amides is 1. The van der Waals surface area contributed by atoms with E-state index in [1.165, 1.54) is 0 Å². The second kappa shape index (κ2) is 5.85. The Kier molecular flexibility index (Phi) is 4.35. The molecule has 0 aliphatic heterocycles. The standard InChI is InChI=1S/C15H14BrClN2O/c1-8-3-4-10(13(18)5-8)15(20)19-14-7-12(17)9(2)6-11(14)16/h3-7H,18H2,1-2H3,(H,19,20). The van der Waals surface area contributed by atoms with Crippen molar-refractivity contribution in [1.29, 1.82) is 0 Å². The second-order valence-corrected chi connectivity index (χ2v) is 5.89. The Morgan fingerprint density at radius 3 is 2.60 bits per heavy atom. The van der Waals surface area contributed by atoms with E-state index in [-0.39, 0.29) is 5.91 Å². The second-order valence-electron chi connectivity index (χ2n) is 4.63. The normalized spacial score (nSPS) is 10.4. The summed E-state index contributed by atoms with van der Waals surface area (Å²) in [6.07, 6.45) is 0. The molecule has 104 valence electrons. The van der Waals surface area contributed by atoms with Gasteiger partial charge in [0.15, 0.2) is 0 Å². The Hall–Kier alpha value is -1.52. The van der Waals surface area contributed by atoms with Crippen LogP contribution >= 0.6 is 27.5 Å². The van der Waals surface area contributed by atoms with Crippen molar-refractivity contribution in [2.75, 3.05) is 11.1 Å². The first-order valence-corrected chi connectivity index (χ1v) is 7.18. The minimum atomic E-state index is -0.261. The summed E-state index contributed by atoms with van der Waals surface area (Å²) in [5.41, 5.74) is 9.33. The molecule has 0 bridgehead atoms. The molecule has 3 N–H and O–H groups in total. The number of rotatable bonds is 2. The van der Waals surface area contributed by atoms with Gasteiger partial charge in [-0.3, -0.25) is 4.79 Å². The van der Waals surface area contributed by atoms with Gasteiger partial charge in [-0.05, 0) is 65.2 Å². The summed E-state index contributed by atoms with van der Waals surface area (Å²) >= 11 is 9.48. The molecule has 0 aromatic heterocycles. The molecule has 0 aliphatic rings. The molecule has 0 aliphatic carbocycles. The van der Waals surface area contributed by atoms with Crippen LogP contribution < -0.4 is 11.1 Å². The van der Waals surface area contributed by atoms with E-state index in [1.807, 2.05) is 26.0 Å². The van der Waals surface area contributed by atoms with Gasteiger partial charge in [-0.25, -0.2) is 0 Å². The molecule has 5 heteroatoms. The summed E-state index contributed by atoms with van der Waals surface area (Å²) < 4.78 is 0.776. The third-order valence-electron chi connectivity index (χ3n) is 2.95. The largest absolute Gasteiger partial charge is 0.398 e. The molecule has 0 spiro atoms. The molecule has 0 saturated heterocycles. The van der Waals surface area contributed by atoms with E-state index < -0.39 is 0 Å². The number of carbonyl (C=O) groups excluding carboxylic acids is 1. The smallest absolute Gasteiger partial charge is 0.257 e.